The standard InChI is InChI=1S/C13H18FN3O2/c14-11-1-3-12(4-2-11)15-13(19)17-7-5-16(6-8-17)9-10-18/h1-4,18H,5-10H2,(H,15,19). The Bertz CT molecular complexity index is 416. The van der Waals surface area contributed by atoms with Crippen molar-refractivity contribution >= 4 is 11.7 Å². The third kappa shape index (κ3) is 3.90. The van der Waals surface area contributed by atoms with E-state index in [1.807, 2.05) is 0 Å². The fraction of sp³-hybridized carbons (Fsp3) is 0.462. The number of halogens is 1. The molecule has 1 heterocycles. The fourth-order valence-corrected chi connectivity index (χ4v) is 2.05. The summed E-state index contributed by atoms with van der Waals surface area (Å²) >= 11 is 0. The molecule has 0 aromatic heterocycles. The number of hydrogen-bond acceptors (Lipinski definition) is 3. The third-order valence-corrected chi connectivity index (χ3v) is 3.17. The molecule has 2 N–H and O–H groups in total. The molecule has 0 bridgehead atoms. The van der Waals surface area contributed by atoms with E-state index < -0.39 is 0 Å². The first-order chi connectivity index (χ1) is 9.19. The molecule has 0 atom stereocenters. The lowest BCUT2D eigenvalue weighted by molar-refractivity contribution is 0.127. The monoisotopic (exact) mass is 267 g/mol. The summed E-state index contributed by atoms with van der Waals surface area (Å²) in [5.41, 5.74) is 0.587. The highest BCUT2D eigenvalue weighted by molar-refractivity contribution is 5.89. The number of aliphatic hydroxyl groups is 1. The van der Waals surface area contributed by atoms with E-state index in [0.29, 0.717) is 25.3 Å². The quantitative estimate of drug-likeness (QED) is 0.858. The summed E-state index contributed by atoms with van der Waals surface area (Å²) in [4.78, 5) is 15.8. The van der Waals surface area contributed by atoms with Crippen LogP contribution in [0.3, 0.4) is 0 Å². The van der Waals surface area contributed by atoms with Gasteiger partial charge in [-0.1, -0.05) is 0 Å². The Labute approximate surface area is 111 Å². The molecule has 1 fully saturated rings. The Morgan fingerprint density at radius 2 is 1.84 bits per heavy atom. The van der Waals surface area contributed by atoms with E-state index in [2.05, 4.69) is 10.2 Å². The van der Waals surface area contributed by atoms with Crippen molar-refractivity contribution in [1.29, 1.82) is 0 Å². The van der Waals surface area contributed by atoms with Crippen LogP contribution in [0.5, 0.6) is 0 Å². The van der Waals surface area contributed by atoms with Crippen molar-refractivity contribution in [2.45, 2.75) is 0 Å². The van der Waals surface area contributed by atoms with Crippen molar-refractivity contribution in [3.05, 3.63) is 30.1 Å². The molecule has 0 radical (unpaired) electrons. The summed E-state index contributed by atoms with van der Waals surface area (Å²) in [6.07, 6.45) is 0. The van der Waals surface area contributed by atoms with Gasteiger partial charge in [0, 0.05) is 38.4 Å². The molecule has 0 spiro atoms. The molecule has 104 valence electrons. The van der Waals surface area contributed by atoms with Crippen LogP contribution < -0.4 is 5.32 Å². The summed E-state index contributed by atoms with van der Waals surface area (Å²) in [5.74, 6) is -0.324. The van der Waals surface area contributed by atoms with E-state index in [0.717, 1.165) is 13.1 Å². The summed E-state index contributed by atoms with van der Waals surface area (Å²) in [5, 5.41) is 11.6. The number of amides is 2. The van der Waals surface area contributed by atoms with Crippen LogP contribution in [0.15, 0.2) is 24.3 Å². The average Bonchev–Trinajstić information content (AvgIpc) is 2.42. The molecule has 1 aromatic carbocycles. The van der Waals surface area contributed by atoms with Crippen LogP contribution in [0.25, 0.3) is 0 Å². The van der Waals surface area contributed by atoms with Gasteiger partial charge in [-0.2, -0.15) is 0 Å². The zero-order valence-corrected chi connectivity index (χ0v) is 10.7. The zero-order chi connectivity index (χ0) is 13.7. The van der Waals surface area contributed by atoms with Gasteiger partial charge in [0.1, 0.15) is 5.82 Å². The summed E-state index contributed by atoms with van der Waals surface area (Å²) < 4.78 is 12.7. The van der Waals surface area contributed by atoms with Crippen molar-refractivity contribution in [3.8, 4) is 0 Å². The number of urea groups is 1. The molecule has 1 aromatic rings. The SMILES string of the molecule is O=C(Nc1ccc(F)cc1)N1CCN(CCO)CC1. The number of nitrogens with zero attached hydrogens (tertiary/aromatic N) is 2. The number of anilines is 1. The average molecular weight is 267 g/mol. The van der Waals surface area contributed by atoms with E-state index in [9.17, 15) is 9.18 Å². The van der Waals surface area contributed by atoms with Gasteiger partial charge in [0.15, 0.2) is 0 Å². The van der Waals surface area contributed by atoms with Gasteiger partial charge in [-0.15, -0.1) is 0 Å². The lowest BCUT2D eigenvalue weighted by atomic mass is 10.3. The Balaban J connectivity index is 1.83. The Kier molecular flexibility index (Phi) is 4.70. The highest BCUT2D eigenvalue weighted by Gasteiger charge is 2.20. The Morgan fingerprint density at radius 1 is 1.21 bits per heavy atom. The van der Waals surface area contributed by atoms with E-state index in [-0.39, 0.29) is 18.5 Å². The predicted octanol–water partition coefficient (Wildman–Crippen LogP) is 0.967. The van der Waals surface area contributed by atoms with Gasteiger partial charge in [-0.3, -0.25) is 4.90 Å². The minimum atomic E-state index is -0.324. The number of carbonyl (C=O) groups is 1. The molecule has 0 unspecified atom stereocenters. The van der Waals surface area contributed by atoms with Crippen molar-refractivity contribution in [3.63, 3.8) is 0 Å². The highest BCUT2D eigenvalue weighted by atomic mass is 19.1. The maximum atomic E-state index is 12.7. The summed E-state index contributed by atoms with van der Waals surface area (Å²) in [6.45, 7) is 3.57. The van der Waals surface area contributed by atoms with E-state index in [1.165, 1.54) is 24.3 Å². The number of hydrogen-bond donors (Lipinski definition) is 2. The molecule has 1 aliphatic rings. The van der Waals surface area contributed by atoms with Gasteiger partial charge in [0.2, 0.25) is 0 Å². The minimum Gasteiger partial charge on any atom is -0.395 e. The van der Waals surface area contributed by atoms with Gasteiger partial charge in [-0.05, 0) is 24.3 Å². The lowest BCUT2D eigenvalue weighted by Gasteiger charge is -2.34. The van der Waals surface area contributed by atoms with E-state index >= 15 is 0 Å². The first-order valence-electron chi connectivity index (χ1n) is 6.34. The van der Waals surface area contributed by atoms with Crippen molar-refractivity contribution in [2.24, 2.45) is 0 Å². The summed E-state index contributed by atoms with van der Waals surface area (Å²) in [7, 11) is 0. The van der Waals surface area contributed by atoms with Crippen molar-refractivity contribution in [2.75, 3.05) is 44.6 Å². The number of rotatable bonds is 3. The molecule has 1 aliphatic heterocycles. The van der Waals surface area contributed by atoms with E-state index in [4.69, 9.17) is 5.11 Å². The zero-order valence-electron chi connectivity index (χ0n) is 10.7. The maximum absolute atomic E-state index is 12.7. The van der Waals surface area contributed by atoms with Gasteiger partial charge in [0.05, 0.1) is 6.61 Å². The molecule has 6 heteroatoms. The number of aliphatic hydroxyl groups excluding tert-OH is 1. The number of β-amino-alcohol motifs (C(OH)–C–C–N with tert-alkyl or cyclic N) is 1. The van der Waals surface area contributed by atoms with Crippen LogP contribution in [0.4, 0.5) is 14.9 Å². The molecular weight excluding hydrogens is 249 g/mol. The van der Waals surface area contributed by atoms with Crippen molar-refractivity contribution in [1.82, 2.24) is 9.80 Å². The predicted molar refractivity (Wildman–Crippen MR) is 70.5 cm³/mol. The van der Waals surface area contributed by atoms with Crippen LogP contribution in [0, 0.1) is 5.82 Å². The van der Waals surface area contributed by atoms with Crippen LogP contribution in [0.2, 0.25) is 0 Å². The number of piperazine rings is 1. The van der Waals surface area contributed by atoms with Crippen molar-refractivity contribution < 1.29 is 14.3 Å². The molecule has 2 amide bonds. The molecule has 2 rings (SSSR count). The van der Waals surface area contributed by atoms with Crippen LogP contribution in [0.1, 0.15) is 0 Å². The maximum Gasteiger partial charge on any atom is 0.321 e. The molecule has 19 heavy (non-hydrogen) atoms. The first-order valence-corrected chi connectivity index (χ1v) is 6.34. The number of nitrogens with one attached hydrogen (secondary N) is 1. The Morgan fingerprint density at radius 3 is 2.42 bits per heavy atom. The van der Waals surface area contributed by atoms with E-state index in [1.54, 1.807) is 4.90 Å². The van der Waals surface area contributed by atoms with Crippen LogP contribution >= 0.6 is 0 Å². The lowest BCUT2D eigenvalue weighted by Crippen LogP contribution is -2.50. The van der Waals surface area contributed by atoms with Gasteiger partial charge in [-0.25, -0.2) is 9.18 Å². The van der Waals surface area contributed by atoms with Gasteiger partial charge in [0.25, 0.3) is 0 Å². The normalized spacial score (nSPS) is 16.4. The smallest absolute Gasteiger partial charge is 0.321 e. The first kappa shape index (κ1) is 13.8. The summed E-state index contributed by atoms with van der Waals surface area (Å²) in [6, 6.07) is 5.53. The highest BCUT2D eigenvalue weighted by Crippen LogP contribution is 2.10. The second-order valence-corrected chi connectivity index (χ2v) is 4.49. The number of carbonyl (C=O) groups excluding carboxylic acids is 1. The van der Waals surface area contributed by atoms with Crippen LogP contribution in [-0.4, -0.2) is 60.3 Å². The largest absolute Gasteiger partial charge is 0.395 e. The second-order valence-electron chi connectivity index (χ2n) is 4.49. The molecule has 0 aliphatic carbocycles. The van der Waals surface area contributed by atoms with Gasteiger partial charge >= 0.3 is 6.03 Å². The second kappa shape index (κ2) is 6.49. The molecule has 0 saturated carbocycles. The molecular formula is C13H18FN3O2. The van der Waals surface area contributed by atoms with Gasteiger partial charge < -0.3 is 15.3 Å². The minimum absolute atomic E-state index is 0.141. The van der Waals surface area contributed by atoms with Crippen LogP contribution in [-0.2, 0) is 0 Å². The Hall–Kier alpha value is -1.66. The molecule has 5 nitrogen and oxygen atoms in total. The number of benzene rings is 1. The topological polar surface area (TPSA) is 55.8 Å². The fourth-order valence-electron chi connectivity index (χ4n) is 2.05. The third-order valence-electron chi connectivity index (χ3n) is 3.17. The molecule has 1 saturated heterocycles.